The van der Waals surface area contributed by atoms with E-state index in [1.807, 2.05) is 0 Å². The highest BCUT2D eigenvalue weighted by molar-refractivity contribution is 5.81. The van der Waals surface area contributed by atoms with E-state index in [9.17, 15) is 4.79 Å². The van der Waals surface area contributed by atoms with Gasteiger partial charge in [0.05, 0.1) is 7.11 Å². The highest BCUT2D eigenvalue weighted by Crippen LogP contribution is 2.16. The molecule has 0 aromatic rings. The van der Waals surface area contributed by atoms with Gasteiger partial charge in [0.15, 0.2) is 5.96 Å². The van der Waals surface area contributed by atoms with E-state index < -0.39 is 0 Å². The van der Waals surface area contributed by atoms with Gasteiger partial charge in [0, 0.05) is 6.04 Å². The van der Waals surface area contributed by atoms with Crippen molar-refractivity contribution in [1.29, 1.82) is 0 Å². The second-order valence-corrected chi connectivity index (χ2v) is 3.76. The molecule has 0 heterocycles. The van der Waals surface area contributed by atoms with E-state index >= 15 is 0 Å². The lowest BCUT2D eigenvalue weighted by Gasteiger charge is -2.23. The van der Waals surface area contributed by atoms with Crippen molar-refractivity contribution in [1.82, 2.24) is 5.32 Å². The van der Waals surface area contributed by atoms with Crippen molar-refractivity contribution in [3.8, 4) is 0 Å². The molecule has 0 spiro atoms. The van der Waals surface area contributed by atoms with E-state index in [1.54, 1.807) is 0 Å². The van der Waals surface area contributed by atoms with Crippen LogP contribution in [0.4, 0.5) is 0 Å². The lowest BCUT2D eigenvalue weighted by atomic mass is 9.96. The first-order valence-corrected chi connectivity index (χ1v) is 5.35. The zero-order valence-corrected chi connectivity index (χ0v) is 9.16. The molecule has 0 aromatic heterocycles. The van der Waals surface area contributed by atoms with E-state index in [-0.39, 0.29) is 12.5 Å². The average molecular weight is 213 g/mol. The average Bonchev–Trinajstić information content (AvgIpc) is 2.27. The lowest BCUT2D eigenvalue weighted by Crippen LogP contribution is -2.41. The Hall–Kier alpha value is -1.26. The minimum atomic E-state index is -0.372. The molecule has 0 unspecified atom stereocenters. The molecule has 1 aliphatic carbocycles. The largest absolute Gasteiger partial charge is 0.468 e. The van der Waals surface area contributed by atoms with Gasteiger partial charge in [0.25, 0.3) is 0 Å². The zero-order valence-electron chi connectivity index (χ0n) is 9.16. The topological polar surface area (TPSA) is 76.7 Å². The van der Waals surface area contributed by atoms with Crippen LogP contribution in [0.25, 0.3) is 0 Å². The minimum Gasteiger partial charge on any atom is -0.468 e. The summed E-state index contributed by atoms with van der Waals surface area (Å²) < 4.78 is 4.46. The highest BCUT2D eigenvalue weighted by Gasteiger charge is 2.13. The van der Waals surface area contributed by atoms with E-state index in [4.69, 9.17) is 5.73 Å². The quantitative estimate of drug-likeness (QED) is 0.404. The number of nitrogens with zero attached hydrogens (tertiary/aromatic N) is 1. The first-order chi connectivity index (χ1) is 7.22. The molecule has 15 heavy (non-hydrogen) atoms. The van der Waals surface area contributed by atoms with E-state index in [0.717, 1.165) is 12.8 Å². The van der Waals surface area contributed by atoms with Crippen LogP contribution in [0.15, 0.2) is 4.99 Å². The Bertz CT molecular complexity index is 235. The summed E-state index contributed by atoms with van der Waals surface area (Å²) in [6, 6.07) is 0.417. The van der Waals surface area contributed by atoms with Gasteiger partial charge in [0.1, 0.15) is 6.54 Å². The van der Waals surface area contributed by atoms with Crippen molar-refractivity contribution in [2.24, 2.45) is 10.7 Å². The predicted octanol–water partition coefficient (Wildman–Crippen LogP) is 0.396. The van der Waals surface area contributed by atoms with Gasteiger partial charge in [0.2, 0.25) is 0 Å². The number of hydrogen-bond acceptors (Lipinski definition) is 3. The second kappa shape index (κ2) is 6.27. The van der Waals surface area contributed by atoms with Crippen LogP contribution in [-0.4, -0.2) is 31.6 Å². The normalized spacial score (nSPS) is 18.6. The number of ether oxygens (including phenoxy) is 1. The van der Waals surface area contributed by atoms with Crippen molar-refractivity contribution in [2.45, 2.75) is 38.1 Å². The van der Waals surface area contributed by atoms with E-state index in [2.05, 4.69) is 15.0 Å². The van der Waals surface area contributed by atoms with E-state index in [0.29, 0.717) is 12.0 Å². The molecule has 0 radical (unpaired) electrons. The molecule has 1 fully saturated rings. The third kappa shape index (κ3) is 4.67. The first kappa shape index (κ1) is 11.8. The Morgan fingerprint density at radius 2 is 2.13 bits per heavy atom. The van der Waals surface area contributed by atoms with Crippen molar-refractivity contribution in [3.63, 3.8) is 0 Å². The number of esters is 1. The SMILES string of the molecule is COC(=O)CN=C(N)NC1CCCCC1. The third-order valence-electron chi connectivity index (χ3n) is 2.56. The van der Waals surface area contributed by atoms with Crippen molar-refractivity contribution < 1.29 is 9.53 Å². The highest BCUT2D eigenvalue weighted by atomic mass is 16.5. The Balaban J connectivity index is 2.26. The molecule has 0 saturated heterocycles. The second-order valence-electron chi connectivity index (χ2n) is 3.76. The maximum absolute atomic E-state index is 10.8. The molecule has 3 N–H and O–H groups in total. The van der Waals surface area contributed by atoms with Crippen molar-refractivity contribution in [3.05, 3.63) is 0 Å². The van der Waals surface area contributed by atoms with Crippen LogP contribution in [-0.2, 0) is 9.53 Å². The number of aliphatic imine (C=N–C) groups is 1. The molecule has 1 rings (SSSR count). The summed E-state index contributed by atoms with van der Waals surface area (Å²) in [5, 5.41) is 3.12. The molecular formula is C10H19N3O2. The molecule has 0 amide bonds. The number of carbonyl (C=O) groups is 1. The number of rotatable bonds is 3. The monoisotopic (exact) mass is 213 g/mol. The summed E-state index contributed by atoms with van der Waals surface area (Å²) in [4.78, 5) is 14.7. The summed E-state index contributed by atoms with van der Waals surface area (Å²) in [5.41, 5.74) is 5.64. The van der Waals surface area contributed by atoms with Crippen LogP contribution in [0.3, 0.4) is 0 Å². The van der Waals surface area contributed by atoms with Crippen LogP contribution in [0, 0.1) is 0 Å². The fraction of sp³-hybridized carbons (Fsp3) is 0.800. The lowest BCUT2D eigenvalue weighted by molar-refractivity contribution is -0.138. The minimum absolute atomic E-state index is 0.0119. The standard InChI is InChI=1S/C10H19N3O2/c1-15-9(14)7-12-10(11)13-8-5-3-2-4-6-8/h8H,2-7H2,1H3,(H3,11,12,13). The Morgan fingerprint density at radius 1 is 1.47 bits per heavy atom. The fourth-order valence-electron chi connectivity index (χ4n) is 1.72. The third-order valence-corrected chi connectivity index (χ3v) is 2.56. The number of hydrogen-bond donors (Lipinski definition) is 2. The summed E-state index contributed by atoms with van der Waals surface area (Å²) >= 11 is 0. The molecule has 1 aliphatic rings. The smallest absolute Gasteiger partial charge is 0.327 e. The Labute approximate surface area is 90.1 Å². The summed E-state index contributed by atoms with van der Waals surface area (Å²) in [6.45, 7) is -0.0119. The van der Waals surface area contributed by atoms with Crippen LogP contribution in [0.2, 0.25) is 0 Å². The fourth-order valence-corrected chi connectivity index (χ4v) is 1.72. The summed E-state index contributed by atoms with van der Waals surface area (Å²) in [6.07, 6.45) is 6.05. The molecular weight excluding hydrogens is 194 g/mol. The summed E-state index contributed by atoms with van der Waals surface area (Å²) in [5.74, 6) is -0.0318. The van der Waals surface area contributed by atoms with Crippen LogP contribution >= 0.6 is 0 Å². The van der Waals surface area contributed by atoms with Gasteiger partial charge in [-0.3, -0.25) is 4.79 Å². The molecule has 0 aromatic carbocycles. The molecule has 5 nitrogen and oxygen atoms in total. The Morgan fingerprint density at radius 3 is 2.73 bits per heavy atom. The predicted molar refractivity (Wildman–Crippen MR) is 58.5 cm³/mol. The first-order valence-electron chi connectivity index (χ1n) is 5.35. The Kier molecular flexibility index (Phi) is 4.93. The van der Waals surface area contributed by atoms with Gasteiger partial charge in [-0.25, -0.2) is 4.99 Å². The van der Waals surface area contributed by atoms with Crippen LogP contribution < -0.4 is 11.1 Å². The van der Waals surface area contributed by atoms with Crippen LogP contribution in [0.5, 0.6) is 0 Å². The van der Waals surface area contributed by atoms with Gasteiger partial charge in [-0.2, -0.15) is 0 Å². The van der Waals surface area contributed by atoms with E-state index in [1.165, 1.54) is 26.4 Å². The summed E-state index contributed by atoms with van der Waals surface area (Å²) in [7, 11) is 1.34. The number of carbonyl (C=O) groups excluding carboxylic acids is 1. The number of guanidine groups is 1. The molecule has 1 saturated carbocycles. The van der Waals surface area contributed by atoms with Crippen molar-refractivity contribution in [2.75, 3.05) is 13.7 Å². The maximum atomic E-state index is 10.8. The van der Waals surface area contributed by atoms with Crippen LogP contribution in [0.1, 0.15) is 32.1 Å². The van der Waals surface area contributed by atoms with Gasteiger partial charge in [-0.15, -0.1) is 0 Å². The number of nitrogens with two attached hydrogens (primary N) is 1. The molecule has 0 aliphatic heterocycles. The zero-order chi connectivity index (χ0) is 11.1. The van der Waals surface area contributed by atoms with Gasteiger partial charge in [-0.1, -0.05) is 19.3 Å². The van der Waals surface area contributed by atoms with Crippen molar-refractivity contribution >= 4 is 11.9 Å². The molecule has 5 heteroatoms. The van der Waals surface area contributed by atoms with Gasteiger partial charge >= 0.3 is 5.97 Å². The number of nitrogens with one attached hydrogen (secondary N) is 1. The van der Waals surface area contributed by atoms with Gasteiger partial charge in [-0.05, 0) is 12.8 Å². The molecule has 0 atom stereocenters. The molecule has 86 valence electrons. The van der Waals surface area contributed by atoms with Gasteiger partial charge < -0.3 is 15.8 Å². The number of methoxy groups -OCH3 is 1. The maximum Gasteiger partial charge on any atom is 0.327 e. The molecule has 0 bridgehead atoms.